The van der Waals surface area contributed by atoms with Crippen LogP contribution in [-0.2, 0) is 4.74 Å². The smallest absolute Gasteiger partial charge is 0.0662 e. The lowest BCUT2D eigenvalue weighted by Gasteiger charge is -2.50. The molecule has 0 bridgehead atoms. The maximum atomic E-state index is 6.06. The number of nitrogens with two attached hydrogens (primary N) is 1. The van der Waals surface area contributed by atoms with Crippen molar-refractivity contribution in [3.63, 3.8) is 0 Å². The molecule has 4 nitrogen and oxygen atoms in total. The molecule has 2 rings (SSSR count). The number of hydrogen-bond acceptors (Lipinski definition) is 4. The van der Waals surface area contributed by atoms with Crippen LogP contribution >= 0.6 is 0 Å². The van der Waals surface area contributed by atoms with E-state index in [1.807, 2.05) is 0 Å². The molecule has 0 aliphatic carbocycles. The average Bonchev–Trinajstić information content (AvgIpc) is 2.40. The molecule has 0 aromatic rings. The molecule has 2 unspecified atom stereocenters. The predicted octanol–water partition coefficient (Wildman–Crippen LogP) is 0.520. The first kappa shape index (κ1) is 13.3. The fraction of sp³-hybridized carbons (Fsp3) is 1.00. The van der Waals surface area contributed by atoms with Gasteiger partial charge in [-0.05, 0) is 26.3 Å². The van der Waals surface area contributed by atoms with Crippen LogP contribution in [0.4, 0.5) is 0 Å². The van der Waals surface area contributed by atoms with Crippen LogP contribution in [0.2, 0.25) is 0 Å². The summed E-state index contributed by atoms with van der Waals surface area (Å²) in [4.78, 5) is 5.07. The monoisotopic (exact) mass is 241 g/mol. The average molecular weight is 241 g/mol. The topological polar surface area (TPSA) is 41.7 Å². The maximum absolute atomic E-state index is 6.06. The lowest BCUT2D eigenvalue weighted by molar-refractivity contribution is -0.0702. The molecule has 2 atom stereocenters. The lowest BCUT2D eigenvalue weighted by Crippen LogP contribution is -2.65. The van der Waals surface area contributed by atoms with Crippen LogP contribution in [0.3, 0.4) is 0 Å². The van der Waals surface area contributed by atoms with Crippen molar-refractivity contribution in [2.75, 3.05) is 46.4 Å². The minimum atomic E-state index is 0.118. The summed E-state index contributed by atoms with van der Waals surface area (Å²) in [5, 5.41) is 0. The summed E-state index contributed by atoms with van der Waals surface area (Å²) in [5.41, 5.74) is 6.17. The fourth-order valence-electron chi connectivity index (χ4n) is 3.19. The van der Waals surface area contributed by atoms with Gasteiger partial charge >= 0.3 is 0 Å². The standard InChI is InChI=1S/C13H27N3O/c1-3-12-9-16(7-6-15(12)2)13(10-14)5-4-8-17-11-13/h12H,3-11,14H2,1-2H3. The summed E-state index contributed by atoms with van der Waals surface area (Å²) in [5.74, 6) is 0. The Balaban J connectivity index is 2.04. The van der Waals surface area contributed by atoms with Crippen molar-refractivity contribution in [1.82, 2.24) is 9.80 Å². The molecular formula is C13H27N3O. The second-order valence-corrected chi connectivity index (χ2v) is 5.57. The van der Waals surface area contributed by atoms with Gasteiger partial charge in [-0.3, -0.25) is 4.90 Å². The van der Waals surface area contributed by atoms with Crippen LogP contribution in [0.5, 0.6) is 0 Å². The van der Waals surface area contributed by atoms with Gasteiger partial charge in [0.1, 0.15) is 0 Å². The molecular weight excluding hydrogens is 214 g/mol. The van der Waals surface area contributed by atoms with Crippen LogP contribution in [0.25, 0.3) is 0 Å². The van der Waals surface area contributed by atoms with Crippen LogP contribution in [0.1, 0.15) is 26.2 Å². The minimum Gasteiger partial charge on any atom is -0.379 e. The van der Waals surface area contributed by atoms with Gasteiger partial charge in [-0.15, -0.1) is 0 Å². The van der Waals surface area contributed by atoms with Crippen molar-refractivity contribution in [2.45, 2.75) is 37.8 Å². The van der Waals surface area contributed by atoms with Crippen molar-refractivity contribution < 1.29 is 4.74 Å². The highest BCUT2D eigenvalue weighted by atomic mass is 16.5. The highest BCUT2D eigenvalue weighted by Gasteiger charge is 2.40. The Morgan fingerprint density at radius 1 is 1.41 bits per heavy atom. The Bertz CT molecular complexity index is 241. The second-order valence-electron chi connectivity index (χ2n) is 5.57. The highest BCUT2D eigenvalue weighted by Crippen LogP contribution is 2.28. The third-order valence-corrected chi connectivity index (χ3v) is 4.60. The SMILES string of the molecule is CCC1CN(C2(CN)CCCOC2)CCN1C. The minimum absolute atomic E-state index is 0.118. The molecule has 0 amide bonds. The number of likely N-dealkylation sites (N-methyl/N-ethyl adjacent to an activating group) is 1. The molecule has 100 valence electrons. The second kappa shape index (κ2) is 5.65. The van der Waals surface area contributed by atoms with E-state index in [0.717, 1.165) is 45.8 Å². The van der Waals surface area contributed by atoms with E-state index in [4.69, 9.17) is 10.5 Å². The Kier molecular flexibility index (Phi) is 4.42. The molecule has 4 heteroatoms. The molecule has 2 saturated heterocycles. The van der Waals surface area contributed by atoms with Crippen molar-refractivity contribution in [3.05, 3.63) is 0 Å². The van der Waals surface area contributed by atoms with Gasteiger partial charge in [-0.25, -0.2) is 0 Å². The maximum Gasteiger partial charge on any atom is 0.0662 e. The van der Waals surface area contributed by atoms with Crippen LogP contribution < -0.4 is 5.73 Å². The Morgan fingerprint density at radius 3 is 2.82 bits per heavy atom. The van der Waals surface area contributed by atoms with Gasteiger partial charge in [-0.1, -0.05) is 6.92 Å². The molecule has 2 N–H and O–H groups in total. The zero-order chi connectivity index (χ0) is 12.3. The number of hydrogen-bond donors (Lipinski definition) is 1. The van der Waals surface area contributed by atoms with Crippen LogP contribution in [0, 0.1) is 0 Å². The fourth-order valence-corrected chi connectivity index (χ4v) is 3.19. The van der Waals surface area contributed by atoms with Gasteiger partial charge in [-0.2, -0.15) is 0 Å². The highest BCUT2D eigenvalue weighted by molar-refractivity contribution is 4.97. The van der Waals surface area contributed by atoms with E-state index in [9.17, 15) is 0 Å². The molecule has 2 aliphatic rings. The molecule has 0 spiro atoms. The molecule has 17 heavy (non-hydrogen) atoms. The number of nitrogens with zero attached hydrogens (tertiary/aromatic N) is 2. The van der Waals surface area contributed by atoms with Gasteiger partial charge in [0.15, 0.2) is 0 Å². The Labute approximate surface area is 105 Å². The number of piperazine rings is 1. The van der Waals surface area contributed by atoms with Crippen LogP contribution in [0.15, 0.2) is 0 Å². The molecule has 0 radical (unpaired) electrons. The first-order valence-corrected chi connectivity index (χ1v) is 6.95. The van der Waals surface area contributed by atoms with Crippen LogP contribution in [-0.4, -0.2) is 67.8 Å². The first-order valence-electron chi connectivity index (χ1n) is 6.95. The largest absolute Gasteiger partial charge is 0.379 e. The van der Waals surface area contributed by atoms with Gasteiger partial charge < -0.3 is 15.4 Å². The zero-order valence-corrected chi connectivity index (χ0v) is 11.3. The van der Waals surface area contributed by atoms with Crippen molar-refractivity contribution >= 4 is 0 Å². The third kappa shape index (κ3) is 2.65. The quantitative estimate of drug-likeness (QED) is 0.782. The molecule has 0 saturated carbocycles. The van der Waals surface area contributed by atoms with Crippen molar-refractivity contribution in [1.29, 1.82) is 0 Å². The van der Waals surface area contributed by atoms with Gasteiger partial charge in [0.2, 0.25) is 0 Å². The summed E-state index contributed by atoms with van der Waals surface area (Å²) in [6.45, 7) is 8.17. The number of ether oxygens (including phenoxy) is 1. The summed E-state index contributed by atoms with van der Waals surface area (Å²) in [7, 11) is 2.23. The van der Waals surface area contributed by atoms with E-state index in [1.54, 1.807) is 0 Å². The third-order valence-electron chi connectivity index (χ3n) is 4.60. The molecule has 0 aromatic carbocycles. The summed E-state index contributed by atoms with van der Waals surface area (Å²) in [6.07, 6.45) is 3.57. The summed E-state index contributed by atoms with van der Waals surface area (Å²) < 4.78 is 5.69. The Morgan fingerprint density at radius 2 is 2.24 bits per heavy atom. The van der Waals surface area contributed by atoms with E-state index in [-0.39, 0.29) is 5.54 Å². The van der Waals surface area contributed by atoms with E-state index in [1.165, 1.54) is 12.8 Å². The lowest BCUT2D eigenvalue weighted by atomic mass is 9.88. The van der Waals surface area contributed by atoms with Gasteiger partial charge in [0.25, 0.3) is 0 Å². The molecule has 2 heterocycles. The van der Waals surface area contributed by atoms with Crippen molar-refractivity contribution in [3.8, 4) is 0 Å². The Hall–Kier alpha value is -0.160. The number of rotatable bonds is 3. The van der Waals surface area contributed by atoms with E-state index in [0.29, 0.717) is 6.04 Å². The van der Waals surface area contributed by atoms with E-state index in [2.05, 4.69) is 23.8 Å². The van der Waals surface area contributed by atoms with Crippen molar-refractivity contribution in [2.24, 2.45) is 5.73 Å². The summed E-state index contributed by atoms with van der Waals surface area (Å²) >= 11 is 0. The van der Waals surface area contributed by atoms with Gasteiger partial charge in [0, 0.05) is 38.8 Å². The normalized spacial score (nSPS) is 37.2. The van der Waals surface area contributed by atoms with Gasteiger partial charge in [0.05, 0.1) is 12.1 Å². The molecule has 0 aromatic heterocycles. The molecule has 2 aliphatic heterocycles. The van der Waals surface area contributed by atoms with E-state index >= 15 is 0 Å². The first-order chi connectivity index (χ1) is 8.22. The molecule has 2 fully saturated rings. The zero-order valence-electron chi connectivity index (χ0n) is 11.3. The predicted molar refractivity (Wildman–Crippen MR) is 70.1 cm³/mol. The van der Waals surface area contributed by atoms with E-state index < -0.39 is 0 Å². The summed E-state index contributed by atoms with van der Waals surface area (Å²) in [6, 6.07) is 0.675.